The van der Waals surface area contributed by atoms with Gasteiger partial charge in [-0.2, -0.15) is 0 Å². The number of anilines is 2. The third-order valence-corrected chi connectivity index (χ3v) is 6.30. The van der Waals surface area contributed by atoms with E-state index in [9.17, 15) is 4.79 Å². The minimum Gasteiger partial charge on any atom is -0.351 e. The van der Waals surface area contributed by atoms with Gasteiger partial charge < -0.3 is 20.1 Å². The van der Waals surface area contributed by atoms with E-state index in [4.69, 9.17) is 12.2 Å². The number of carbonyl (C=O) groups is 1. The van der Waals surface area contributed by atoms with E-state index in [1.165, 1.54) is 6.92 Å². The van der Waals surface area contributed by atoms with Crippen LogP contribution in [0, 0.1) is 6.92 Å². The van der Waals surface area contributed by atoms with Crippen LogP contribution in [0.1, 0.15) is 36.1 Å². The number of aromatic nitrogens is 2. The minimum atomic E-state index is -0.138. The SMILES string of the molecule is CC(=O)Nc1ccc(N2C(=S)N[C@@H](c3ccccn3)[C@H]2c2ccc(C)n2-c2ccccc2)cc1. The van der Waals surface area contributed by atoms with Gasteiger partial charge in [0.15, 0.2) is 5.11 Å². The Morgan fingerprint density at radius 1 is 0.941 bits per heavy atom. The second-order valence-corrected chi connectivity index (χ2v) is 8.68. The molecule has 0 saturated carbocycles. The number of carbonyl (C=O) groups excluding carboxylic acids is 1. The van der Waals surface area contributed by atoms with Crippen LogP contribution in [0.3, 0.4) is 0 Å². The summed E-state index contributed by atoms with van der Waals surface area (Å²) in [6.45, 7) is 3.61. The second-order valence-electron chi connectivity index (χ2n) is 8.30. The lowest BCUT2D eigenvalue weighted by Gasteiger charge is -2.29. The van der Waals surface area contributed by atoms with Gasteiger partial charge in [-0.1, -0.05) is 24.3 Å². The summed E-state index contributed by atoms with van der Waals surface area (Å²) in [5, 5.41) is 6.97. The van der Waals surface area contributed by atoms with Crippen molar-refractivity contribution in [3.05, 3.63) is 108 Å². The normalized spacial score (nSPS) is 17.5. The first kappa shape index (κ1) is 21.9. The van der Waals surface area contributed by atoms with Crippen LogP contribution in [0.15, 0.2) is 91.1 Å². The highest BCUT2D eigenvalue weighted by Gasteiger charge is 2.42. The number of amides is 1. The number of nitrogens with zero attached hydrogens (tertiary/aromatic N) is 3. The van der Waals surface area contributed by atoms with Crippen LogP contribution in [0.2, 0.25) is 0 Å². The molecule has 3 heterocycles. The van der Waals surface area contributed by atoms with Crippen molar-refractivity contribution < 1.29 is 4.79 Å². The fraction of sp³-hybridized carbons (Fsp3) is 0.148. The molecule has 0 bridgehead atoms. The zero-order chi connectivity index (χ0) is 23.7. The third kappa shape index (κ3) is 4.06. The van der Waals surface area contributed by atoms with Crippen LogP contribution in [0.25, 0.3) is 5.69 Å². The van der Waals surface area contributed by atoms with Crippen LogP contribution in [-0.2, 0) is 4.79 Å². The zero-order valence-electron chi connectivity index (χ0n) is 19.0. The Morgan fingerprint density at radius 2 is 1.68 bits per heavy atom. The van der Waals surface area contributed by atoms with Gasteiger partial charge in [0.25, 0.3) is 0 Å². The lowest BCUT2D eigenvalue weighted by molar-refractivity contribution is -0.114. The lowest BCUT2D eigenvalue weighted by Crippen LogP contribution is -2.30. The maximum Gasteiger partial charge on any atom is 0.221 e. The topological polar surface area (TPSA) is 62.2 Å². The molecule has 0 aliphatic carbocycles. The van der Waals surface area contributed by atoms with Gasteiger partial charge in [-0.05, 0) is 79.8 Å². The van der Waals surface area contributed by atoms with E-state index in [0.29, 0.717) is 5.11 Å². The van der Waals surface area contributed by atoms with Gasteiger partial charge in [0.1, 0.15) is 6.04 Å². The van der Waals surface area contributed by atoms with E-state index in [-0.39, 0.29) is 18.0 Å². The molecule has 2 atom stereocenters. The standard InChI is InChI=1S/C27H25N5OS/c1-18-11-16-24(31(18)21-8-4-3-5-9-21)26-25(23-10-6-7-17-28-23)30-27(34)32(26)22-14-12-20(13-15-22)29-19(2)33/h3-17,25-26H,1-2H3,(H,29,33)(H,30,34)/t25-,26+/m0/s1. The molecule has 170 valence electrons. The Balaban J connectivity index is 1.64. The first-order chi connectivity index (χ1) is 16.5. The molecule has 34 heavy (non-hydrogen) atoms. The number of pyridine rings is 1. The maximum absolute atomic E-state index is 11.5. The molecule has 6 nitrogen and oxygen atoms in total. The monoisotopic (exact) mass is 467 g/mol. The summed E-state index contributed by atoms with van der Waals surface area (Å²) in [6.07, 6.45) is 1.81. The fourth-order valence-electron chi connectivity index (χ4n) is 4.56. The van der Waals surface area contributed by atoms with Gasteiger partial charge in [-0.25, -0.2) is 0 Å². The molecular formula is C27H25N5OS. The van der Waals surface area contributed by atoms with Crippen molar-refractivity contribution in [2.75, 3.05) is 10.2 Å². The molecule has 5 rings (SSSR count). The molecule has 1 fully saturated rings. The molecule has 1 aliphatic heterocycles. The zero-order valence-corrected chi connectivity index (χ0v) is 19.8. The summed E-state index contributed by atoms with van der Waals surface area (Å²) in [4.78, 5) is 18.2. The van der Waals surface area contributed by atoms with Crippen LogP contribution in [-0.4, -0.2) is 20.6 Å². The van der Waals surface area contributed by atoms with E-state index in [1.807, 2.05) is 66.9 Å². The number of nitrogens with one attached hydrogen (secondary N) is 2. The largest absolute Gasteiger partial charge is 0.351 e. The summed E-state index contributed by atoms with van der Waals surface area (Å²) in [5.41, 5.74) is 5.95. The molecule has 0 unspecified atom stereocenters. The van der Waals surface area contributed by atoms with Gasteiger partial charge in [0.05, 0.1) is 11.7 Å². The van der Waals surface area contributed by atoms with E-state index in [1.54, 1.807) is 0 Å². The van der Waals surface area contributed by atoms with Crippen molar-refractivity contribution in [3.8, 4) is 5.69 Å². The average Bonchev–Trinajstić information content (AvgIpc) is 3.39. The molecule has 2 N–H and O–H groups in total. The molecule has 2 aromatic heterocycles. The number of hydrogen-bond acceptors (Lipinski definition) is 3. The molecule has 1 amide bonds. The first-order valence-corrected chi connectivity index (χ1v) is 11.6. The van der Waals surface area contributed by atoms with Gasteiger partial charge in [-0.3, -0.25) is 9.78 Å². The van der Waals surface area contributed by atoms with Crippen molar-refractivity contribution in [1.29, 1.82) is 0 Å². The summed E-state index contributed by atoms with van der Waals surface area (Å²) < 4.78 is 2.27. The van der Waals surface area contributed by atoms with Gasteiger partial charge in [-0.15, -0.1) is 0 Å². The van der Waals surface area contributed by atoms with E-state index < -0.39 is 0 Å². The van der Waals surface area contributed by atoms with E-state index >= 15 is 0 Å². The number of benzene rings is 2. The lowest BCUT2D eigenvalue weighted by atomic mass is 10.0. The fourth-order valence-corrected chi connectivity index (χ4v) is 4.91. The molecule has 7 heteroatoms. The predicted molar refractivity (Wildman–Crippen MR) is 139 cm³/mol. The van der Waals surface area contributed by atoms with Crippen LogP contribution in [0.5, 0.6) is 0 Å². The summed E-state index contributed by atoms with van der Waals surface area (Å²) >= 11 is 5.85. The summed E-state index contributed by atoms with van der Waals surface area (Å²) in [6, 6.07) is 28.1. The highest BCUT2D eigenvalue weighted by atomic mass is 32.1. The molecule has 4 aromatic rings. The molecule has 0 radical (unpaired) electrons. The summed E-state index contributed by atoms with van der Waals surface area (Å²) in [7, 11) is 0. The number of para-hydroxylation sites is 1. The van der Waals surface area contributed by atoms with Gasteiger partial charge in [0.2, 0.25) is 5.91 Å². The smallest absolute Gasteiger partial charge is 0.221 e. The van der Waals surface area contributed by atoms with Crippen LogP contribution < -0.4 is 15.5 Å². The third-order valence-electron chi connectivity index (χ3n) is 5.99. The van der Waals surface area contributed by atoms with Crippen molar-refractivity contribution >= 4 is 34.6 Å². The van der Waals surface area contributed by atoms with Crippen LogP contribution in [0.4, 0.5) is 11.4 Å². The predicted octanol–water partition coefficient (Wildman–Crippen LogP) is 5.32. The number of thiocarbonyl (C=S) groups is 1. The Kier molecular flexibility index (Phi) is 5.86. The molecular weight excluding hydrogens is 442 g/mol. The second kappa shape index (κ2) is 9.11. The highest BCUT2D eigenvalue weighted by Crippen LogP contribution is 2.42. The molecule has 1 aliphatic rings. The van der Waals surface area contributed by atoms with E-state index in [0.717, 1.165) is 34.1 Å². The van der Waals surface area contributed by atoms with Gasteiger partial charge in [0, 0.05) is 41.6 Å². The molecule has 0 spiro atoms. The Morgan fingerprint density at radius 3 is 2.35 bits per heavy atom. The number of hydrogen-bond donors (Lipinski definition) is 2. The Hall–Kier alpha value is -3.97. The van der Waals surface area contributed by atoms with E-state index in [2.05, 4.69) is 56.3 Å². The van der Waals surface area contributed by atoms with Crippen LogP contribution >= 0.6 is 12.2 Å². The average molecular weight is 468 g/mol. The summed E-state index contributed by atoms with van der Waals surface area (Å²) in [5.74, 6) is -0.102. The Bertz CT molecular complexity index is 1320. The van der Waals surface area contributed by atoms with Crippen molar-refractivity contribution in [1.82, 2.24) is 14.9 Å². The number of aryl methyl sites for hydroxylation is 1. The van der Waals surface area contributed by atoms with Crippen molar-refractivity contribution in [3.63, 3.8) is 0 Å². The number of rotatable bonds is 5. The minimum absolute atomic E-state index is 0.102. The van der Waals surface area contributed by atoms with Crippen molar-refractivity contribution in [2.24, 2.45) is 0 Å². The maximum atomic E-state index is 11.5. The highest BCUT2D eigenvalue weighted by molar-refractivity contribution is 7.80. The first-order valence-electron chi connectivity index (χ1n) is 11.1. The van der Waals surface area contributed by atoms with Gasteiger partial charge >= 0.3 is 0 Å². The molecule has 2 aromatic carbocycles. The Labute approximate surface area is 204 Å². The molecule has 1 saturated heterocycles. The van der Waals surface area contributed by atoms with Crippen molar-refractivity contribution in [2.45, 2.75) is 25.9 Å². The quantitative estimate of drug-likeness (QED) is 0.389.